The van der Waals surface area contributed by atoms with E-state index in [0.29, 0.717) is 13.0 Å². The predicted octanol–water partition coefficient (Wildman–Crippen LogP) is 3.71. The number of nitrogens with zero attached hydrogens (tertiary/aromatic N) is 1. The highest BCUT2D eigenvalue weighted by Crippen LogP contribution is 2.24. The molecule has 26 heavy (non-hydrogen) atoms. The van der Waals surface area contributed by atoms with Gasteiger partial charge in [-0.3, -0.25) is 9.69 Å². The topological polar surface area (TPSA) is 41.6 Å². The van der Waals surface area contributed by atoms with E-state index in [9.17, 15) is 4.79 Å². The molecule has 138 valence electrons. The van der Waals surface area contributed by atoms with Gasteiger partial charge in [0, 0.05) is 26.1 Å². The fourth-order valence-electron chi connectivity index (χ4n) is 3.44. The van der Waals surface area contributed by atoms with Gasteiger partial charge in [0.1, 0.15) is 5.75 Å². The van der Waals surface area contributed by atoms with E-state index in [4.69, 9.17) is 4.74 Å². The van der Waals surface area contributed by atoms with Gasteiger partial charge in [-0.2, -0.15) is 0 Å². The Hall–Kier alpha value is -2.33. The second kappa shape index (κ2) is 8.86. The first-order chi connectivity index (χ1) is 12.7. The quantitative estimate of drug-likeness (QED) is 0.826. The number of benzene rings is 2. The van der Waals surface area contributed by atoms with Crippen LogP contribution in [0.2, 0.25) is 0 Å². The minimum absolute atomic E-state index is 0.0412. The third kappa shape index (κ3) is 4.85. The molecule has 3 rings (SSSR count). The summed E-state index contributed by atoms with van der Waals surface area (Å²) in [4.78, 5) is 14.6. The van der Waals surface area contributed by atoms with Crippen LogP contribution >= 0.6 is 0 Å². The SMILES string of the molecule is CCOc1ccc2c(c1)CN(CCC(=O)NC(C)c1ccccc1)CC2. The third-order valence-electron chi connectivity index (χ3n) is 4.91. The van der Waals surface area contributed by atoms with E-state index in [2.05, 4.69) is 28.4 Å². The normalized spacial score (nSPS) is 15.2. The van der Waals surface area contributed by atoms with Crippen LogP contribution in [0.25, 0.3) is 0 Å². The standard InChI is InChI=1S/C22H28N2O2/c1-3-26-21-10-9-19-11-13-24(16-20(19)15-21)14-12-22(25)23-17(2)18-7-5-4-6-8-18/h4-10,15,17H,3,11-14,16H2,1-2H3,(H,23,25). The van der Waals surface area contributed by atoms with Crippen molar-refractivity contribution in [2.75, 3.05) is 19.7 Å². The van der Waals surface area contributed by atoms with Crippen LogP contribution < -0.4 is 10.1 Å². The van der Waals surface area contributed by atoms with Crippen molar-refractivity contribution < 1.29 is 9.53 Å². The average Bonchev–Trinajstić information content (AvgIpc) is 2.67. The number of fused-ring (bicyclic) bond motifs is 1. The van der Waals surface area contributed by atoms with Gasteiger partial charge in [-0.15, -0.1) is 0 Å². The van der Waals surface area contributed by atoms with Gasteiger partial charge in [-0.1, -0.05) is 36.4 Å². The zero-order valence-electron chi connectivity index (χ0n) is 15.7. The van der Waals surface area contributed by atoms with Crippen molar-refractivity contribution in [3.8, 4) is 5.75 Å². The number of ether oxygens (including phenoxy) is 1. The van der Waals surface area contributed by atoms with Crippen molar-refractivity contribution in [1.82, 2.24) is 10.2 Å². The Morgan fingerprint density at radius 3 is 2.77 bits per heavy atom. The summed E-state index contributed by atoms with van der Waals surface area (Å²) in [5.74, 6) is 1.04. The molecule has 0 aromatic heterocycles. The van der Waals surface area contributed by atoms with Gasteiger partial charge < -0.3 is 10.1 Å². The molecule has 0 fully saturated rings. The Kier molecular flexibility index (Phi) is 6.29. The van der Waals surface area contributed by atoms with E-state index >= 15 is 0 Å². The number of rotatable bonds is 7. The highest BCUT2D eigenvalue weighted by molar-refractivity contribution is 5.76. The Bertz CT molecular complexity index is 730. The molecule has 0 saturated heterocycles. The van der Waals surface area contributed by atoms with Crippen molar-refractivity contribution in [2.45, 2.75) is 39.3 Å². The lowest BCUT2D eigenvalue weighted by Crippen LogP contribution is -2.35. The van der Waals surface area contributed by atoms with E-state index in [0.717, 1.165) is 37.4 Å². The van der Waals surface area contributed by atoms with Gasteiger partial charge in [0.2, 0.25) is 5.91 Å². The minimum Gasteiger partial charge on any atom is -0.494 e. The largest absolute Gasteiger partial charge is 0.494 e. The molecule has 0 saturated carbocycles. The average molecular weight is 352 g/mol. The molecule has 1 aliphatic rings. The molecular formula is C22H28N2O2. The molecule has 1 atom stereocenters. The summed E-state index contributed by atoms with van der Waals surface area (Å²) in [5.41, 5.74) is 3.85. The second-order valence-electron chi connectivity index (χ2n) is 6.84. The molecule has 1 heterocycles. The molecule has 0 spiro atoms. The van der Waals surface area contributed by atoms with Crippen molar-refractivity contribution in [3.63, 3.8) is 0 Å². The van der Waals surface area contributed by atoms with Gasteiger partial charge in [-0.05, 0) is 49.1 Å². The fourth-order valence-corrected chi connectivity index (χ4v) is 3.44. The summed E-state index contributed by atoms with van der Waals surface area (Å²) in [6, 6.07) is 16.5. The van der Waals surface area contributed by atoms with Crippen molar-refractivity contribution in [2.24, 2.45) is 0 Å². The lowest BCUT2D eigenvalue weighted by molar-refractivity contribution is -0.122. The summed E-state index contributed by atoms with van der Waals surface area (Å²) in [5, 5.41) is 3.10. The molecular weight excluding hydrogens is 324 g/mol. The summed E-state index contributed by atoms with van der Waals surface area (Å²) < 4.78 is 5.61. The third-order valence-corrected chi connectivity index (χ3v) is 4.91. The molecule has 0 radical (unpaired) electrons. The first kappa shape index (κ1) is 18.5. The van der Waals surface area contributed by atoms with Crippen LogP contribution in [0.3, 0.4) is 0 Å². The van der Waals surface area contributed by atoms with Crippen LogP contribution in [0.5, 0.6) is 5.75 Å². The molecule has 1 N–H and O–H groups in total. The van der Waals surface area contributed by atoms with Crippen LogP contribution in [0.4, 0.5) is 0 Å². The van der Waals surface area contributed by atoms with E-state index in [1.807, 2.05) is 44.2 Å². The number of hydrogen-bond donors (Lipinski definition) is 1. The molecule has 1 amide bonds. The number of amides is 1. The van der Waals surface area contributed by atoms with Crippen LogP contribution in [-0.2, 0) is 17.8 Å². The van der Waals surface area contributed by atoms with Crippen molar-refractivity contribution >= 4 is 5.91 Å². The van der Waals surface area contributed by atoms with Gasteiger partial charge >= 0.3 is 0 Å². The van der Waals surface area contributed by atoms with Crippen LogP contribution in [0.1, 0.15) is 43.0 Å². The first-order valence-electron chi connectivity index (χ1n) is 9.47. The van der Waals surface area contributed by atoms with Crippen LogP contribution in [0, 0.1) is 0 Å². The van der Waals surface area contributed by atoms with Gasteiger partial charge in [-0.25, -0.2) is 0 Å². The maximum Gasteiger partial charge on any atom is 0.221 e. The molecule has 2 aromatic carbocycles. The lowest BCUT2D eigenvalue weighted by Gasteiger charge is -2.29. The number of carbonyl (C=O) groups excluding carboxylic acids is 1. The summed E-state index contributed by atoms with van der Waals surface area (Å²) >= 11 is 0. The Morgan fingerprint density at radius 1 is 1.19 bits per heavy atom. The highest BCUT2D eigenvalue weighted by atomic mass is 16.5. The maximum absolute atomic E-state index is 12.3. The Morgan fingerprint density at radius 2 is 2.00 bits per heavy atom. The molecule has 1 aliphatic heterocycles. The predicted molar refractivity (Wildman–Crippen MR) is 104 cm³/mol. The smallest absolute Gasteiger partial charge is 0.221 e. The monoisotopic (exact) mass is 352 g/mol. The molecule has 1 unspecified atom stereocenters. The zero-order valence-corrected chi connectivity index (χ0v) is 15.7. The van der Waals surface area contributed by atoms with Crippen LogP contribution in [-0.4, -0.2) is 30.5 Å². The lowest BCUT2D eigenvalue weighted by atomic mass is 9.99. The summed E-state index contributed by atoms with van der Waals surface area (Å²) in [6.07, 6.45) is 1.56. The zero-order chi connectivity index (χ0) is 18.4. The Labute approximate surface area is 156 Å². The molecule has 0 bridgehead atoms. The van der Waals surface area contributed by atoms with Crippen molar-refractivity contribution in [3.05, 3.63) is 65.2 Å². The fraction of sp³-hybridized carbons (Fsp3) is 0.409. The first-order valence-corrected chi connectivity index (χ1v) is 9.47. The highest BCUT2D eigenvalue weighted by Gasteiger charge is 2.18. The van der Waals surface area contributed by atoms with Crippen molar-refractivity contribution in [1.29, 1.82) is 0 Å². The van der Waals surface area contributed by atoms with Gasteiger partial charge in [0.25, 0.3) is 0 Å². The number of nitrogens with one attached hydrogen (secondary N) is 1. The minimum atomic E-state index is 0.0412. The Balaban J connectivity index is 1.49. The molecule has 4 nitrogen and oxygen atoms in total. The molecule has 2 aromatic rings. The van der Waals surface area contributed by atoms with Gasteiger partial charge in [0.15, 0.2) is 0 Å². The summed E-state index contributed by atoms with van der Waals surface area (Å²) in [7, 11) is 0. The second-order valence-corrected chi connectivity index (χ2v) is 6.84. The maximum atomic E-state index is 12.3. The van der Waals surface area contributed by atoms with E-state index < -0.39 is 0 Å². The molecule has 4 heteroatoms. The van der Waals surface area contributed by atoms with E-state index in [-0.39, 0.29) is 11.9 Å². The molecule has 0 aliphatic carbocycles. The van der Waals surface area contributed by atoms with E-state index in [1.165, 1.54) is 11.1 Å². The number of hydrogen-bond acceptors (Lipinski definition) is 3. The van der Waals surface area contributed by atoms with Gasteiger partial charge in [0.05, 0.1) is 12.6 Å². The van der Waals surface area contributed by atoms with E-state index in [1.54, 1.807) is 0 Å². The summed E-state index contributed by atoms with van der Waals surface area (Å²) in [6.45, 7) is 7.38. The van der Waals surface area contributed by atoms with Crippen LogP contribution in [0.15, 0.2) is 48.5 Å². The number of carbonyl (C=O) groups is 1.